The lowest BCUT2D eigenvalue weighted by atomic mass is 10.2. The first kappa shape index (κ1) is 11.9. The topological polar surface area (TPSA) is 39.2 Å². The van der Waals surface area contributed by atoms with Gasteiger partial charge in [-0.05, 0) is 24.3 Å². The number of nitrogens with zero attached hydrogens (tertiary/aromatic N) is 1. The van der Waals surface area contributed by atoms with Crippen molar-refractivity contribution in [2.24, 2.45) is 0 Å². The van der Waals surface area contributed by atoms with Crippen molar-refractivity contribution in [1.29, 1.82) is 0 Å². The Morgan fingerprint density at radius 3 is 2.63 bits per heavy atom. The Labute approximate surface area is 114 Å². The third kappa shape index (κ3) is 2.35. The van der Waals surface area contributed by atoms with E-state index >= 15 is 0 Å². The van der Waals surface area contributed by atoms with E-state index in [9.17, 15) is 4.79 Å². The molecule has 0 bridgehead atoms. The predicted octanol–water partition coefficient (Wildman–Crippen LogP) is 3.89. The highest BCUT2D eigenvalue weighted by Crippen LogP contribution is 2.35. The molecule has 0 spiro atoms. The van der Waals surface area contributed by atoms with Crippen LogP contribution in [0.5, 0.6) is 5.75 Å². The van der Waals surface area contributed by atoms with Crippen LogP contribution in [-0.4, -0.2) is 11.0 Å². The van der Waals surface area contributed by atoms with Crippen LogP contribution in [0.1, 0.15) is 6.92 Å². The van der Waals surface area contributed by atoms with Gasteiger partial charge in [0.1, 0.15) is 10.8 Å². The Balaban J connectivity index is 2.13. The smallest absolute Gasteiger partial charge is 0.308 e. The molecule has 0 aliphatic rings. The molecule has 3 nitrogen and oxygen atoms in total. The van der Waals surface area contributed by atoms with Gasteiger partial charge in [-0.2, -0.15) is 0 Å². The van der Waals surface area contributed by atoms with Gasteiger partial charge >= 0.3 is 5.97 Å². The fourth-order valence-electron chi connectivity index (χ4n) is 1.87. The fourth-order valence-corrected chi connectivity index (χ4v) is 2.87. The van der Waals surface area contributed by atoms with E-state index in [0.717, 1.165) is 20.8 Å². The summed E-state index contributed by atoms with van der Waals surface area (Å²) in [5, 5.41) is 0.859. The first-order valence-electron chi connectivity index (χ1n) is 5.87. The van der Waals surface area contributed by atoms with Crippen molar-refractivity contribution in [3.05, 3.63) is 48.5 Å². The first-order chi connectivity index (χ1) is 9.24. The van der Waals surface area contributed by atoms with Crippen LogP contribution in [0, 0.1) is 0 Å². The molecule has 0 aliphatic heterocycles. The third-order valence-electron chi connectivity index (χ3n) is 2.67. The van der Waals surface area contributed by atoms with Crippen LogP contribution in [0.25, 0.3) is 20.8 Å². The maximum atomic E-state index is 11.1. The molecule has 0 aliphatic carbocycles. The molecule has 0 fully saturated rings. The van der Waals surface area contributed by atoms with E-state index < -0.39 is 0 Å². The number of hydrogen-bond acceptors (Lipinski definition) is 4. The van der Waals surface area contributed by atoms with Crippen LogP contribution in [-0.2, 0) is 4.79 Å². The number of para-hydroxylation sites is 2. The Kier molecular flexibility index (Phi) is 3.01. The summed E-state index contributed by atoms with van der Waals surface area (Å²) in [7, 11) is 0. The van der Waals surface area contributed by atoms with Crippen molar-refractivity contribution >= 4 is 27.5 Å². The Bertz CT molecular complexity index is 715. The molecule has 94 valence electrons. The van der Waals surface area contributed by atoms with Gasteiger partial charge in [0.15, 0.2) is 0 Å². The van der Waals surface area contributed by atoms with Gasteiger partial charge in [-0.3, -0.25) is 4.79 Å². The number of benzene rings is 2. The zero-order valence-corrected chi connectivity index (χ0v) is 11.1. The van der Waals surface area contributed by atoms with Crippen LogP contribution in [0.2, 0.25) is 0 Å². The second-order valence-electron chi connectivity index (χ2n) is 4.08. The molecule has 1 heterocycles. The summed E-state index contributed by atoms with van der Waals surface area (Å²) in [6.07, 6.45) is 0. The van der Waals surface area contributed by atoms with Gasteiger partial charge in [0.2, 0.25) is 0 Å². The van der Waals surface area contributed by atoms with Crippen molar-refractivity contribution < 1.29 is 9.53 Å². The van der Waals surface area contributed by atoms with E-state index in [2.05, 4.69) is 4.98 Å². The van der Waals surface area contributed by atoms with E-state index in [1.807, 2.05) is 42.5 Å². The molecule has 1 aromatic heterocycles. The van der Waals surface area contributed by atoms with Gasteiger partial charge in [-0.1, -0.05) is 24.3 Å². The molecule has 0 saturated heterocycles. The number of carbonyl (C=O) groups excluding carboxylic acids is 1. The molecule has 2 aromatic carbocycles. The van der Waals surface area contributed by atoms with Crippen LogP contribution < -0.4 is 4.74 Å². The SMILES string of the molecule is CC(=O)Oc1ccccc1-c1nc2ccccc2s1. The minimum atomic E-state index is -0.325. The average molecular weight is 269 g/mol. The highest BCUT2D eigenvalue weighted by Gasteiger charge is 2.12. The van der Waals surface area contributed by atoms with E-state index in [4.69, 9.17) is 4.74 Å². The van der Waals surface area contributed by atoms with Gasteiger partial charge in [0.25, 0.3) is 0 Å². The Morgan fingerprint density at radius 1 is 1.11 bits per heavy atom. The van der Waals surface area contributed by atoms with E-state index in [0.29, 0.717) is 5.75 Å². The Hall–Kier alpha value is -2.20. The molecular formula is C15H11NO2S. The number of hydrogen-bond donors (Lipinski definition) is 0. The molecule has 3 aromatic rings. The number of rotatable bonds is 2. The summed E-state index contributed by atoms with van der Waals surface area (Å²) >= 11 is 1.59. The van der Waals surface area contributed by atoms with Crippen molar-refractivity contribution in [3.63, 3.8) is 0 Å². The minimum Gasteiger partial charge on any atom is -0.426 e. The minimum absolute atomic E-state index is 0.325. The molecule has 0 N–H and O–H groups in total. The monoisotopic (exact) mass is 269 g/mol. The van der Waals surface area contributed by atoms with Crippen LogP contribution in [0.15, 0.2) is 48.5 Å². The number of aromatic nitrogens is 1. The molecule has 0 amide bonds. The molecule has 0 radical (unpaired) electrons. The van der Waals surface area contributed by atoms with Crippen LogP contribution >= 0.6 is 11.3 Å². The second kappa shape index (κ2) is 4.82. The number of fused-ring (bicyclic) bond motifs is 1. The molecule has 0 saturated carbocycles. The molecule has 3 rings (SSSR count). The zero-order chi connectivity index (χ0) is 13.2. The number of ether oxygens (including phenoxy) is 1. The Morgan fingerprint density at radius 2 is 1.84 bits per heavy atom. The average Bonchev–Trinajstić information content (AvgIpc) is 2.82. The first-order valence-corrected chi connectivity index (χ1v) is 6.69. The third-order valence-corrected chi connectivity index (χ3v) is 3.73. The van der Waals surface area contributed by atoms with Gasteiger partial charge in [-0.15, -0.1) is 11.3 Å². The lowest BCUT2D eigenvalue weighted by molar-refractivity contribution is -0.131. The quantitative estimate of drug-likeness (QED) is 0.523. The van der Waals surface area contributed by atoms with Gasteiger partial charge in [0, 0.05) is 6.92 Å². The van der Waals surface area contributed by atoms with Gasteiger partial charge < -0.3 is 4.74 Å². The molecule has 19 heavy (non-hydrogen) atoms. The second-order valence-corrected chi connectivity index (χ2v) is 5.11. The highest BCUT2D eigenvalue weighted by atomic mass is 32.1. The lowest BCUT2D eigenvalue weighted by Crippen LogP contribution is -2.02. The molecular weight excluding hydrogens is 258 g/mol. The van der Waals surface area contributed by atoms with Crippen molar-refractivity contribution in [2.75, 3.05) is 0 Å². The summed E-state index contributed by atoms with van der Waals surface area (Å²) < 4.78 is 6.34. The number of carbonyl (C=O) groups is 1. The highest BCUT2D eigenvalue weighted by molar-refractivity contribution is 7.21. The summed E-state index contributed by atoms with van der Waals surface area (Å²) in [5.74, 6) is 0.225. The van der Waals surface area contributed by atoms with Gasteiger partial charge in [-0.25, -0.2) is 4.98 Å². The van der Waals surface area contributed by atoms with E-state index in [1.54, 1.807) is 17.4 Å². The number of thiazole rings is 1. The van der Waals surface area contributed by atoms with E-state index in [-0.39, 0.29) is 5.97 Å². The fraction of sp³-hybridized carbons (Fsp3) is 0.0667. The standard InChI is InChI=1S/C15H11NO2S/c1-10(17)18-13-8-4-2-6-11(13)15-16-12-7-3-5-9-14(12)19-15/h2-9H,1H3. The zero-order valence-electron chi connectivity index (χ0n) is 10.3. The number of esters is 1. The maximum Gasteiger partial charge on any atom is 0.308 e. The predicted molar refractivity (Wildman–Crippen MR) is 76.4 cm³/mol. The summed E-state index contributed by atoms with van der Waals surface area (Å²) in [6, 6.07) is 15.4. The van der Waals surface area contributed by atoms with Crippen LogP contribution in [0.3, 0.4) is 0 Å². The molecule has 4 heteroatoms. The van der Waals surface area contributed by atoms with Gasteiger partial charge in [0.05, 0.1) is 15.8 Å². The van der Waals surface area contributed by atoms with Crippen molar-refractivity contribution in [2.45, 2.75) is 6.92 Å². The molecule has 0 unspecified atom stereocenters. The van der Waals surface area contributed by atoms with E-state index in [1.165, 1.54) is 6.92 Å². The molecule has 0 atom stereocenters. The normalized spacial score (nSPS) is 10.6. The summed E-state index contributed by atoms with van der Waals surface area (Å²) in [6.45, 7) is 1.40. The maximum absolute atomic E-state index is 11.1. The van der Waals surface area contributed by atoms with Crippen LogP contribution in [0.4, 0.5) is 0 Å². The van der Waals surface area contributed by atoms with Crippen molar-refractivity contribution in [1.82, 2.24) is 4.98 Å². The largest absolute Gasteiger partial charge is 0.426 e. The summed E-state index contributed by atoms with van der Waals surface area (Å²) in [5.41, 5.74) is 1.80. The lowest BCUT2D eigenvalue weighted by Gasteiger charge is -2.05. The van der Waals surface area contributed by atoms with Crippen molar-refractivity contribution in [3.8, 4) is 16.3 Å². The summed E-state index contributed by atoms with van der Waals surface area (Å²) in [4.78, 5) is 15.7.